The zero-order valence-electron chi connectivity index (χ0n) is 12.5. The molecule has 21 heavy (non-hydrogen) atoms. The monoisotopic (exact) mass is 280 g/mol. The number of allylic oxidation sites excluding steroid dienone is 1. The Balaban J connectivity index is 2.48. The lowest BCUT2D eigenvalue weighted by Crippen LogP contribution is -2.04. The number of hydrogen-bond donors (Lipinski definition) is 1. The first-order valence-electron chi connectivity index (χ1n) is 6.89. The Hall–Kier alpha value is -2.62. The van der Waals surface area contributed by atoms with Crippen LogP contribution in [0.3, 0.4) is 0 Å². The summed E-state index contributed by atoms with van der Waals surface area (Å²) in [6, 6.07) is 10.1. The predicted octanol–water partition coefficient (Wildman–Crippen LogP) is 3.98. The maximum Gasteiger partial charge on any atom is 0.138 e. The van der Waals surface area contributed by atoms with Crippen molar-refractivity contribution in [3.63, 3.8) is 0 Å². The Labute approximate surface area is 125 Å². The molecule has 1 aromatic carbocycles. The van der Waals surface area contributed by atoms with Gasteiger partial charge in [0.1, 0.15) is 17.3 Å². The van der Waals surface area contributed by atoms with Crippen LogP contribution in [0.15, 0.2) is 53.7 Å². The number of benzene rings is 1. The Morgan fingerprint density at radius 2 is 2.10 bits per heavy atom. The van der Waals surface area contributed by atoms with Crippen LogP contribution in [0, 0.1) is 6.92 Å². The summed E-state index contributed by atoms with van der Waals surface area (Å²) in [5, 5.41) is 3.41. The number of aromatic nitrogens is 2. The molecular weight excluding hydrogens is 260 g/mol. The molecule has 1 aromatic heterocycles. The van der Waals surface area contributed by atoms with Gasteiger partial charge in [0, 0.05) is 24.5 Å². The zero-order valence-corrected chi connectivity index (χ0v) is 12.5. The molecule has 2 aromatic rings. The highest BCUT2D eigenvalue weighted by Gasteiger charge is 2.14. The summed E-state index contributed by atoms with van der Waals surface area (Å²) in [7, 11) is 0. The lowest BCUT2D eigenvalue weighted by molar-refractivity contribution is 1.02. The van der Waals surface area contributed by atoms with Gasteiger partial charge in [-0.25, -0.2) is 4.98 Å². The molecule has 0 aliphatic carbocycles. The minimum absolute atomic E-state index is 0.747. The third-order valence-electron chi connectivity index (χ3n) is 3.08. The fourth-order valence-corrected chi connectivity index (χ4v) is 2.08. The molecule has 0 radical (unpaired) electrons. The summed E-state index contributed by atoms with van der Waals surface area (Å²) in [4.78, 5) is 8.45. The van der Waals surface area contributed by atoms with E-state index in [0.29, 0.717) is 0 Å². The molecule has 2 rings (SSSR count). The molecule has 0 aliphatic heterocycles. The first kappa shape index (κ1) is 14.8. The Morgan fingerprint density at radius 1 is 1.33 bits per heavy atom. The second-order valence-electron chi connectivity index (χ2n) is 4.52. The van der Waals surface area contributed by atoms with Gasteiger partial charge in [-0.05, 0) is 20.6 Å². The first-order valence-corrected chi connectivity index (χ1v) is 6.89. The van der Waals surface area contributed by atoms with Gasteiger partial charge in [0.15, 0.2) is 0 Å². The third-order valence-corrected chi connectivity index (χ3v) is 3.08. The second-order valence-corrected chi connectivity index (χ2v) is 4.52. The van der Waals surface area contributed by atoms with Gasteiger partial charge in [0.05, 0.1) is 0 Å². The minimum atomic E-state index is 0.747. The number of nitrogens with zero attached hydrogens (tertiary/aromatic N) is 3. The van der Waals surface area contributed by atoms with Gasteiger partial charge in [-0.3, -0.25) is 9.56 Å². The van der Waals surface area contributed by atoms with Crippen LogP contribution >= 0.6 is 0 Å². The summed E-state index contributed by atoms with van der Waals surface area (Å²) in [6.45, 7) is 8.20. The Kier molecular flexibility index (Phi) is 5.10. The van der Waals surface area contributed by atoms with Crippen molar-refractivity contribution in [1.29, 1.82) is 0 Å². The number of aliphatic imine (C=N–C) groups is 1. The molecule has 0 fully saturated rings. The number of aryl methyl sites for hydroxylation is 1. The van der Waals surface area contributed by atoms with Gasteiger partial charge in [-0.2, -0.15) is 0 Å². The third kappa shape index (κ3) is 3.48. The summed E-state index contributed by atoms with van der Waals surface area (Å²) < 4.78 is 1.99. The van der Waals surface area contributed by atoms with E-state index in [9.17, 15) is 0 Å². The molecule has 0 amide bonds. The molecule has 0 saturated heterocycles. The van der Waals surface area contributed by atoms with E-state index in [1.165, 1.54) is 0 Å². The van der Waals surface area contributed by atoms with Gasteiger partial charge in [0.2, 0.25) is 0 Å². The molecule has 108 valence electrons. The van der Waals surface area contributed by atoms with E-state index in [2.05, 4.69) is 40.2 Å². The molecular formula is C17H20N4. The van der Waals surface area contributed by atoms with Gasteiger partial charge >= 0.3 is 0 Å². The maximum atomic E-state index is 4.68. The molecule has 0 atom stereocenters. The van der Waals surface area contributed by atoms with Crippen LogP contribution in [-0.2, 0) is 0 Å². The van der Waals surface area contributed by atoms with Crippen LogP contribution in [0.2, 0.25) is 0 Å². The normalized spacial score (nSPS) is 11.3. The molecule has 1 heterocycles. The van der Waals surface area contributed by atoms with Crippen molar-refractivity contribution in [3.8, 4) is 11.3 Å². The highest BCUT2D eigenvalue weighted by Crippen LogP contribution is 2.28. The topological polar surface area (TPSA) is 42.2 Å². The summed E-state index contributed by atoms with van der Waals surface area (Å²) in [5.41, 5.74) is 2.02. The Bertz CT molecular complexity index is 651. The number of rotatable bonds is 6. The number of anilines is 1. The first-order chi connectivity index (χ1) is 10.3. The molecule has 0 saturated carbocycles. The summed E-state index contributed by atoms with van der Waals surface area (Å²) in [5.74, 6) is 1.86. The molecule has 4 nitrogen and oxygen atoms in total. The quantitative estimate of drug-likeness (QED) is 0.642. The van der Waals surface area contributed by atoms with E-state index in [-0.39, 0.29) is 0 Å². The van der Waals surface area contributed by atoms with Crippen LogP contribution in [0.25, 0.3) is 17.5 Å². The highest BCUT2D eigenvalue weighted by atomic mass is 15.2. The van der Waals surface area contributed by atoms with E-state index >= 15 is 0 Å². The molecule has 0 unspecified atom stereocenters. The largest absolute Gasteiger partial charge is 0.366 e. The van der Waals surface area contributed by atoms with Crippen molar-refractivity contribution in [3.05, 3.63) is 54.5 Å². The van der Waals surface area contributed by atoms with Gasteiger partial charge in [-0.15, -0.1) is 0 Å². The number of hydrogen-bond acceptors (Lipinski definition) is 3. The molecule has 4 heteroatoms. The lowest BCUT2D eigenvalue weighted by atomic mass is 10.1. The van der Waals surface area contributed by atoms with Crippen LogP contribution in [0.4, 0.5) is 5.82 Å². The van der Waals surface area contributed by atoms with Crippen LogP contribution in [-0.4, -0.2) is 22.8 Å². The van der Waals surface area contributed by atoms with Gasteiger partial charge in [0.25, 0.3) is 0 Å². The summed E-state index contributed by atoms with van der Waals surface area (Å²) in [6.07, 6.45) is 7.60. The minimum Gasteiger partial charge on any atom is -0.366 e. The smallest absolute Gasteiger partial charge is 0.138 e. The molecule has 1 N–H and O–H groups in total. The van der Waals surface area contributed by atoms with Crippen LogP contribution in [0.5, 0.6) is 0 Å². The molecule has 0 aliphatic rings. The standard InChI is InChI=1S/C17H20N4/c1-4-5-11-19-17-16(15-9-7-6-8-10-15)20-14(2)21(17)13-12-18-3/h4-10,12-13,19H,3,11H2,1-2H3/b5-4-,13-12-. The molecule has 0 bridgehead atoms. The van der Waals surface area contributed by atoms with E-state index in [1.54, 1.807) is 6.20 Å². The fourth-order valence-electron chi connectivity index (χ4n) is 2.08. The van der Waals surface area contributed by atoms with Crippen molar-refractivity contribution in [2.45, 2.75) is 13.8 Å². The van der Waals surface area contributed by atoms with Crippen molar-refractivity contribution in [2.75, 3.05) is 11.9 Å². The predicted molar refractivity (Wildman–Crippen MR) is 90.6 cm³/mol. The fraction of sp³-hybridized carbons (Fsp3) is 0.176. The lowest BCUT2D eigenvalue weighted by Gasteiger charge is -2.08. The number of nitrogens with one attached hydrogen (secondary N) is 1. The second kappa shape index (κ2) is 7.24. The average Bonchev–Trinajstić information content (AvgIpc) is 2.83. The van der Waals surface area contributed by atoms with Crippen molar-refractivity contribution in [1.82, 2.24) is 9.55 Å². The Morgan fingerprint density at radius 3 is 2.76 bits per heavy atom. The van der Waals surface area contributed by atoms with Crippen LogP contribution < -0.4 is 5.32 Å². The van der Waals surface area contributed by atoms with Crippen molar-refractivity contribution in [2.24, 2.45) is 4.99 Å². The van der Waals surface area contributed by atoms with E-state index in [0.717, 1.165) is 29.4 Å². The van der Waals surface area contributed by atoms with Crippen molar-refractivity contribution >= 4 is 18.7 Å². The van der Waals surface area contributed by atoms with E-state index < -0.39 is 0 Å². The van der Waals surface area contributed by atoms with Crippen LogP contribution in [0.1, 0.15) is 12.7 Å². The number of imidazole rings is 1. The summed E-state index contributed by atoms with van der Waals surface area (Å²) >= 11 is 0. The zero-order chi connectivity index (χ0) is 15.1. The maximum absolute atomic E-state index is 4.68. The average molecular weight is 280 g/mol. The van der Waals surface area contributed by atoms with E-state index in [1.807, 2.05) is 48.9 Å². The van der Waals surface area contributed by atoms with Gasteiger partial charge < -0.3 is 5.32 Å². The van der Waals surface area contributed by atoms with Gasteiger partial charge in [-0.1, -0.05) is 42.5 Å². The molecule has 0 spiro atoms. The van der Waals surface area contributed by atoms with Crippen molar-refractivity contribution < 1.29 is 0 Å². The van der Waals surface area contributed by atoms with E-state index in [4.69, 9.17) is 0 Å². The highest BCUT2D eigenvalue weighted by molar-refractivity contribution is 5.74. The SMILES string of the molecule is C=N/C=C\n1c(C)nc(-c2ccccc2)c1NC/C=C\C.